The Balaban J connectivity index is 2.64. The number of ether oxygens (including phenoxy) is 1. The van der Waals surface area contributed by atoms with Gasteiger partial charge >= 0.3 is 5.97 Å². The first kappa shape index (κ1) is 15.3. The molecule has 1 heterocycles. The fraction of sp³-hybridized carbons (Fsp3) is 0.889. The van der Waals surface area contributed by atoms with Gasteiger partial charge in [0, 0.05) is 26.7 Å². The molecule has 9 heteroatoms. The van der Waals surface area contributed by atoms with Gasteiger partial charge in [0.25, 0.3) is 10.2 Å². The molecular formula is C9H18N2O6S. The highest BCUT2D eigenvalue weighted by molar-refractivity contribution is 7.86. The van der Waals surface area contributed by atoms with Gasteiger partial charge in [-0.05, 0) is 0 Å². The summed E-state index contributed by atoms with van der Waals surface area (Å²) in [6.45, 7) is 0.174. The van der Waals surface area contributed by atoms with Crippen LogP contribution in [0.1, 0.15) is 6.42 Å². The molecule has 1 aliphatic heterocycles. The number of aliphatic hydroxyl groups is 1. The van der Waals surface area contributed by atoms with Gasteiger partial charge < -0.3 is 14.9 Å². The van der Waals surface area contributed by atoms with Gasteiger partial charge in [-0.2, -0.15) is 17.0 Å². The first-order valence-electron chi connectivity index (χ1n) is 5.53. The van der Waals surface area contributed by atoms with Crippen molar-refractivity contribution in [1.29, 1.82) is 0 Å². The lowest BCUT2D eigenvalue weighted by atomic mass is 10.3. The van der Waals surface area contributed by atoms with Crippen molar-refractivity contribution < 1.29 is 28.2 Å². The Morgan fingerprint density at radius 1 is 1.56 bits per heavy atom. The second kappa shape index (κ2) is 6.43. The first-order chi connectivity index (χ1) is 8.37. The molecule has 1 aliphatic rings. The van der Waals surface area contributed by atoms with E-state index in [1.807, 2.05) is 0 Å². The number of hydrogen-bond donors (Lipinski definition) is 2. The van der Waals surface area contributed by atoms with Crippen LogP contribution in [0.5, 0.6) is 0 Å². The van der Waals surface area contributed by atoms with Crippen molar-refractivity contribution in [3.8, 4) is 0 Å². The Hall–Kier alpha value is -0.740. The molecule has 0 spiro atoms. The molecule has 1 rings (SSSR count). The molecule has 0 saturated carbocycles. The zero-order valence-corrected chi connectivity index (χ0v) is 11.0. The number of aliphatic carboxylic acids is 1. The van der Waals surface area contributed by atoms with E-state index in [0.717, 1.165) is 4.31 Å². The normalized spacial score (nSPS) is 22.3. The van der Waals surface area contributed by atoms with Crippen LogP contribution in [0.25, 0.3) is 0 Å². The van der Waals surface area contributed by atoms with Crippen LogP contribution in [-0.4, -0.2) is 79.2 Å². The monoisotopic (exact) mass is 282 g/mol. The quantitative estimate of drug-likeness (QED) is 0.603. The number of carbonyl (C=O) groups is 1. The van der Waals surface area contributed by atoms with Gasteiger partial charge in [0.2, 0.25) is 0 Å². The second-order valence-electron chi connectivity index (χ2n) is 4.01. The minimum atomic E-state index is -3.69. The summed E-state index contributed by atoms with van der Waals surface area (Å²) in [5, 5.41) is 17.5. The maximum absolute atomic E-state index is 12.1. The molecule has 1 fully saturated rings. The van der Waals surface area contributed by atoms with Gasteiger partial charge in [-0.25, -0.2) is 0 Å². The van der Waals surface area contributed by atoms with Gasteiger partial charge in [0.1, 0.15) is 0 Å². The third kappa shape index (κ3) is 3.89. The Labute approximate surface area is 106 Å². The molecule has 0 aliphatic carbocycles. The summed E-state index contributed by atoms with van der Waals surface area (Å²) in [6.07, 6.45) is -0.773. The summed E-state index contributed by atoms with van der Waals surface area (Å²) in [7, 11) is -2.35. The minimum absolute atomic E-state index is 0.0796. The molecule has 2 N–H and O–H groups in total. The fourth-order valence-electron chi connectivity index (χ4n) is 1.58. The van der Waals surface area contributed by atoms with E-state index < -0.39 is 22.3 Å². The molecule has 1 atom stereocenters. The van der Waals surface area contributed by atoms with Gasteiger partial charge in [0.05, 0.1) is 25.7 Å². The number of nitrogens with zero attached hydrogens (tertiary/aromatic N) is 2. The lowest BCUT2D eigenvalue weighted by Gasteiger charge is -2.33. The Morgan fingerprint density at radius 2 is 2.22 bits per heavy atom. The second-order valence-corrected chi connectivity index (χ2v) is 6.04. The first-order valence-corrected chi connectivity index (χ1v) is 6.93. The van der Waals surface area contributed by atoms with Crippen molar-refractivity contribution in [2.45, 2.75) is 12.5 Å². The van der Waals surface area contributed by atoms with E-state index in [4.69, 9.17) is 14.9 Å². The molecule has 0 aromatic heterocycles. The fourth-order valence-corrected chi connectivity index (χ4v) is 2.95. The van der Waals surface area contributed by atoms with E-state index in [2.05, 4.69) is 0 Å². The van der Waals surface area contributed by atoms with Crippen LogP contribution in [0, 0.1) is 0 Å². The van der Waals surface area contributed by atoms with Crippen LogP contribution in [0.4, 0.5) is 0 Å². The lowest BCUT2D eigenvalue weighted by molar-refractivity contribution is -0.137. The molecule has 1 unspecified atom stereocenters. The number of rotatable bonds is 6. The average Bonchev–Trinajstić information content (AvgIpc) is 2.35. The topological polar surface area (TPSA) is 107 Å². The van der Waals surface area contributed by atoms with E-state index in [1.165, 1.54) is 11.4 Å². The third-order valence-corrected chi connectivity index (χ3v) is 4.62. The SMILES string of the molecule is CN(CCC(=O)O)S(=O)(=O)N1CCOC(CO)C1. The summed E-state index contributed by atoms with van der Waals surface area (Å²) < 4.78 is 31.5. The molecule has 0 amide bonds. The predicted molar refractivity (Wildman–Crippen MR) is 62.2 cm³/mol. The number of aliphatic hydroxyl groups excluding tert-OH is 1. The largest absolute Gasteiger partial charge is 0.481 e. The molecule has 106 valence electrons. The number of morpholine rings is 1. The summed E-state index contributed by atoms with van der Waals surface area (Å²) in [6, 6.07) is 0. The number of hydrogen-bond acceptors (Lipinski definition) is 5. The third-order valence-electron chi connectivity index (χ3n) is 2.67. The van der Waals surface area contributed by atoms with E-state index in [1.54, 1.807) is 0 Å². The van der Waals surface area contributed by atoms with Crippen LogP contribution in [0.3, 0.4) is 0 Å². The standard InChI is InChI=1S/C9H18N2O6S/c1-10(3-2-9(13)14)18(15,16)11-4-5-17-8(6-11)7-12/h8,12H,2-7H2,1H3,(H,13,14). The van der Waals surface area contributed by atoms with Crippen LogP contribution >= 0.6 is 0 Å². The highest BCUT2D eigenvalue weighted by atomic mass is 32.2. The summed E-state index contributed by atoms with van der Waals surface area (Å²) in [4.78, 5) is 10.4. The summed E-state index contributed by atoms with van der Waals surface area (Å²) >= 11 is 0. The molecule has 1 saturated heterocycles. The molecule has 0 aromatic carbocycles. The zero-order chi connectivity index (χ0) is 13.8. The molecular weight excluding hydrogens is 264 g/mol. The Bertz CT molecular complexity index is 385. The maximum atomic E-state index is 12.1. The summed E-state index contributed by atoms with van der Waals surface area (Å²) in [5.74, 6) is -1.05. The van der Waals surface area contributed by atoms with Crippen molar-refractivity contribution in [1.82, 2.24) is 8.61 Å². The van der Waals surface area contributed by atoms with Gasteiger partial charge in [0.15, 0.2) is 0 Å². The Morgan fingerprint density at radius 3 is 2.78 bits per heavy atom. The maximum Gasteiger partial charge on any atom is 0.304 e. The zero-order valence-electron chi connectivity index (χ0n) is 10.2. The van der Waals surface area contributed by atoms with Gasteiger partial charge in [-0.1, -0.05) is 0 Å². The predicted octanol–water partition coefficient (Wildman–Crippen LogP) is -1.67. The van der Waals surface area contributed by atoms with E-state index in [9.17, 15) is 13.2 Å². The van der Waals surface area contributed by atoms with Crippen LogP contribution in [0.15, 0.2) is 0 Å². The van der Waals surface area contributed by atoms with Gasteiger partial charge in [-0.15, -0.1) is 0 Å². The molecule has 0 aromatic rings. The molecule has 18 heavy (non-hydrogen) atoms. The van der Waals surface area contributed by atoms with Crippen molar-refractivity contribution >= 4 is 16.2 Å². The molecule has 0 bridgehead atoms. The average molecular weight is 282 g/mol. The smallest absolute Gasteiger partial charge is 0.304 e. The van der Waals surface area contributed by atoms with Crippen LogP contribution in [0.2, 0.25) is 0 Å². The van der Waals surface area contributed by atoms with E-state index in [-0.39, 0.29) is 39.3 Å². The summed E-state index contributed by atoms with van der Waals surface area (Å²) in [5.41, 5.74) is 0. The highest BCUT2D eigenvalue weighted by Crippen LogP contribution is 2.13. The van der Waals surface area contributed by atoms with Crippen molar-refractivity contribution in [2.75, 3.05) is 39.9 Å². The highest BCUT2D eigenvalue weighted by Gasteiger charge is 2.32. The number of carboxylic acid groups (broad SMARTS) is 1. The van der Waals surface area contributed by atoms with E-state index in [0.29, 0.717) is 0 Å². The van der Waals surface area contributed by atoms with Crippen molar-refractivity contribution in [3.63, 3.8) is 0 Å². The molecule has 0 radical (unpaired) electrons. The minimum Gasteiger partial charge on any atom is -0.481 e. The van der Waals surface area contributed by atoms with Crippen molar-refractivity contribution in [3.05, 3.63) is 0 Å². The Kier molecular flexibility index (Phi) is 5.47. The lowest BCUT2D eigenvalue weighted by Crippen LogP contribution is -2.51. The number of carboxylic acids is 1. The van der Waals surface area contributed by atoms with Gasteiger partial charge in [-0.3, -0.25) is 4.79 Å². The van der Waals surface area contributed by atoms with E-state index >= 15 is 0 Å². The molecule has 8 nitrogen and oxygen atoms in total. The van der Waals surface area contributed by atoms with Crippen LogP contribution in [-0.2, 0) is 19.7 Å². The van der Waals surface area contributed by atoms with Crippen LogP contribution < -0.4 is 0 Å². The van der Waals surface area contributed by atoms with Crippen molar-refractivity contribution in [2.24, 2.45) is 0 Å².